The van der Waals surface area contributed by atoms with Gasteiger partial charge in [-0.25, -0.2) is 9.78 Å². The van der Waals surface area contributed by atoms with Crippen molar-refractivity contribution in [3.05, 3.63) is 45.7 Å². The second kappa shape index (κ2) is 8.60. The van der Waals surface area contributed by atoms with E-state index in [0.29, 0.717) is 0 Å². The number of nitrogens with one attached hydrogen (secondary N) is 1. The Morgan fingerprint density at radius 3 is 2.81 bits per heavy atom. The Hall–Kier alpha value is -1.99. The average molecular weight is 374 g/mol. The van der Waals surface area contributed by atoms with Crippen molar-refractivity contribution in [1.29, 1.82) is 0 Å². The minimum atomic E-state index is -0.0691. The van der Waals surface area contributed by atoms with Crippen molar-refractivity contribution in [3.63, 3.8) is 0 Å². The molecule has 0 aliphatic carbocycles. The summed E-state index contributed by atoms with van der Waals surface area (Å²) < 4.78 is 0. The number of pyridine rings is 1. The van der Waals surface area contributed by atoms with Crippen LogP contribution in [0.3, 0.4) is 0 Å². The summed E-state index contributed by atoms with van der Waals surface area (Å²) in [5.41, 5.74) is 2.06. The zero-order valence-electron chi connectivity index (χ0n) is 15.7. The van der Waals surface area contributed by atoms with Gasteiger partial charge in [-0.05, 0) is 39.3 Å². The van der Waals surface area contributed by atoms with Crippen LogP contribution in [0.4, 0.5) is 4.79 Å². The Balaban J connectivity index is 1.53. The first kappa shape index (κ1) is 18.8. The number of aromatic nitrogens is 2. The largest absolute Gasteiger partial charge is 0.330 e. The number of urea groups is 1. The van der Waals surface area contributed by atoms with E-state index >= 15 is 0 Å². The van der Waals surface area contributed by atoms with Crippen molar-refractivity contribution in [3.8, 4) is 0 Å². The van der Waals surface area contributed by atoms with Gasteiger partial charge in [0.1, 0.15) is 0 Å². The predicted octanol–water partition coefficient (Wildman–Crippen LogP) is 3.13. The van der Waals surface area contributed by atoms with Gasteiger partial charge >= 0.3 is 6.03 Å². The molecule has 2 amide bonds. The van der Waals surface area contributed by atoms with Crippen LogP contribution < -0.4 is 5.32 Å². The highest BCUT2D eigenvalue weighted by Gasteiger charge is 2.22. The molecule has 26 heavy (non-hydrogen) atoms. The summed E-state index contributed by atoms with van der Waals surface area (Å²) in [7, 11) is 0. The summed E-state index contributed by atoms with van der Waals surface area (Å²) in [5.74, 6) is 0. The van der Waals surface area contributed by atoms with E-state index in [1.807, 2.05) is 37.1 Å². The van der Waals surface area contributed by atoms with Gasteiger partial charge in [-0.15, -0.1) is 11.3 Å². The third kappa shape index (κ3) is 4.80. The molecule has 0 spiro atoms. The van der Waals surface area contributed by atoms with Crippen molar-refractivity contribution in [2.45, 2.75) is 39.8 Å². The lowest BCUT2D eigenvalue weighted by molar-refractivity contribution is 0.194. The molecule has 6 nitrogen and oxygen atoms in total. The molecule has 2 aromatic rings. The normalized spacial score (nSPS) is 17.0. The third-order valence-corrected chi connectivity index (χ3v) is 5.58. The maximum atomic E-state index is 12.7. The van der Waals surface area contributed by atoms with Gasteiger partial charge in [-0.3, -0.25) is 9.88 Å². The second-order valence-corrected chi connectivity index (χ2v) is 8.19. The van der Waals surface area contributed by atoms with Crippen LogP contribution in [0.25, 0.3) is 0 Å². The number of carbonyl (C=O) groups excluding carboxylic acids is 1. The summed E-state index contributed by atoms with van der Waals surface area (Å²) >= 11 is 1.68. The smallest absolute Gasteiger partial charge is 0.317 e. The Morgan fingerprint density at radius 2 is 2.12 bits per heavy atom. The molecule has 0 aromatic carbocycles. The Kier molecular flexibility index (Phi) is 6.21. The molecule has 3 heterocycles. The zero-order chi connectivity index (χ0) is 18.5. The van der Waals surface area contributed by atoms with E-state index in [1.165, 1.54) is 4.88 Å². The minimum absolute atomic E-state index is 0.00207. The predicted molar refractivity (Wildman–Crippen MR) is 104 cm³/mol. The number of hydrogen-bond donors (Lipinski definition) is 1. The van der Waals surface area contributed by atoms with Crippen LogP contribution in [-0.4, -0.2) is 52.0 Å². The van der Waals surface area contributed by atoms with E-state index < -0.39 is 0 Å². The van der Waals surface area contributed by atoms with Crippen LogP contribution in [-0.2, 0) is 6.54 Å². The highest BCUT2D eigenvalue weighted by molar-refractivity contribution is 7.11. The molecule has 140 valence electrons. The lowest BCUT2D eigenvalue weighted by atomic mass is 10.2. The van der Waals surface area contributed by atoms with Gasteiger partial charge in [-0.2, -0.15) is 0 Å². The first-order valence-corrected chi connectivity index (χ1v) is 9.96. The second-order valence-electron chi connectivity index (χ2n) is 6.78. The first-order chi connectivity index (χ1) is 12.5. The number of hydrogen-bond acceptors (Lipinski definition) is 5. The first-order valence-electron chi connectivity index (χ1n) is 9.14. The van der Waals surface area contributed by atoms with Crippen molar-refractivity contribution < 1.29 is 4.79 Å². The molecule has 1 aliphatic rings. The van der Waals surface area contributed by atoms with E-state index in [-0.39, 0.29) is 12.1 Å². The topological polar surface area (TPSA) is 61.4 Å². The molecule has 0 unspecified atom stereocenters. The number of carbonyl (C=O) groups is 1. The number of rotatable bonds is 4. The van der Waals surface area contributed by atoms with Gasteiger partial charge in [0.05, 0.1) is 22.4 Å². The van der Waals surface area contributed by atoms with Gasteiger partial charge in [0.2, 0.25) is 0 Å². The Bertz CT molecular complexity index is 733. The Labute approximate surface area is 159 Å². The van der Waals surface area contributed by atoms with Crippen molar-refractivity contribution in [2.75, 3.05) is 26.2 Å². The fourth-order valence-electron chi connectivity index (χ4n) is 3.34. The lowest BCUT2D eigenvalue weighted by Crippen LogP contribution is -2.43. The summed E-state index contributed by atoms with van der Waals surface area (Å²) in [6.07, 6.45) is 2.81. The fourth-order valence-corrected chi connectivity index (χ4v) is 4.26. The highest BCUT2D eigenvalue weighted by Crippen LogP contribution is 2.22. The maximum Gasteiger partial charge on any atom is 0.317 e. The molecule has 1 aliphatic heterocycles. The van der Waals surface area contributed by atoms with Gasteiger partial charge < -0.3 is 10.2 Å². The molecule has 1 N–H and O–H groups in total. The van der Waals surface area contributed by atoms with Gasteiger partial charge in [0, 0.05) is 43.8 Å². The summed E-state index contributed by atoms with van der Waals surface area (Å²) in [4.78, 5) is 27.1. The third-order valence-electron chi connectivity index (χ3n) is 4.68. The van der Waals surface area contributed by atoms with Gasteiger partial charge in [0.15, 0.2) is 0 Å². The van der Waals surface area contributed by atoms with E-state index in [9.17, 15) is 4.79 Å². The molecule has 1 atom stereocenters. The molecule has 1 saturated heterocycles. The summed E-state index contributed by atoms with van der Waals surface area (Å²) in [5, 5.41) is 4.15. The number of aryl methyl sites for hydroxylation is 2. The van der Waals surface area contributed by atoms with Crippen LogP contribution in [0.15, 0.2) is 24.4 Å². The molecule has 1 fully saturated rings. The highest BCUT2D eigenvalue weighted by atomic mass is 32.1. The van der Waals surface area contributed by atoms with Crippen LogP contribution in [0, 0.1) is 13.8 Å². The van der Waals surface area contributed by atoms with E-state index in [1.54, 1.807) is 11.3 Å². The van der Waals surface area contributed by atoms with Crippen molar-refractivity contribution >= 4 is 17.4 Å². The molecule has 7 heteroatoms. The maximum absolute atomic E-state index is 12.7. The van der Waals surface area contributed by atoms with Crippen LogP contribution in [0.1, 0.15) is 40.7 Å². The molecule has 3 rings (SSSR count). The lowest BCUT2D eigenvalue weighted by Gasteiger charge is -2.24. The zero-order valence-corrected chi connectivity index (χ0v) is 16.6. The molecule has 0 radical (unpaired) electrons. The molecular weight excluding hydrogens is 346 g/mol. The molecule has 0 saturated carbocycles. The van der Waals surface area contributed by atoms with Crippen LogP contribution >= 0.6 is 11.3 Å². The van der Waals surface area contributed by atoms with Crippen LogP contribution in [0.2, 0.25) is 0 Å². The average Bonchev–Trinajstić information content (AvgIpc) is 2.81. The quantitative estimate of drug-likeness (QED) is 0.894. The van der Waals surface area contributed by atoms with Crippen molar-refractivity contribution in [2.24, 2.45) is 0 Å². The summed E-state index contributed by atoms with van der Waals surface area (Å²) in [6, 6.07) is 5.94. The number of nitrogens with zero attached hydrogens (tertiary/aromatic N) is 4. The minimum Gasteiger partial charge on any atom is -0.330 e. The molecule has 2 aromatic heterocycles. The van der Waals surface area contributed by atoms with E-state index in [2.05, 4.69) is 33.2 Å². The van der Waals surface area contributed by atoms with E-state index in [0.717, 1.165) is 55.5 Å². The number of thiazole rings is 1. The summed E-state index contributed by atoms with van der Waals surface area (Å²) in [6.45, 7) is 10.3. The van der Waals surface area contributed by atoms with E-state index in [4.69, 9.17) is 0 Å². The van der Waals surface area contributed by atoms with Crippen molar-refractivity contribution in [1.82, 2.24) is 25.1 Å². The van der Waals surface area contributed by atoms with Gasteiger partial charge in [-0.1, -0.05) is 6.07 Å². The molecule has 0 bridgehead atoms. The Morgan fingerprint density at radius 1 is 1.27 bits per heavy atom. The molecular formula is C19H27N5OS. The number of amides is 2. The SMILES string of the molecule is Cc1nc([C@H](C)NC(=O)N2CCCN(Cc3ccccn3)CC2)c(C)s1. The van der Waals surface area contributed by atoms with Gasteiger partial charge in [0.25, 0.3) is 0 Å². The monoisotopic (exact) mass is 373 g/mol. The van der Waals surface area contributed by atoms with Crippen LogP contribution in [0.5, 0.6) is 0 Å². The standard InChI is InChI=1S/C19H27N5OS/c1-14(18-15(2)26-16(3)22-18)21-19(25)24-10-6-9-23(11-12-24)13-17-7-4-5-8-20-17/h4-5,7-8,14H,6,9-13H2,1-3H3,(H,21,25)/t14-/m0/s1. The fraction of sp³-hybridized carbons (Fsp3) is 0.526.